The first-order valence-electron chi connectivity index (χ1n) is 3.56. The maximum atomic E-state index is 11.2. The van der Waals surface area contributed by atoms with Gasteiger partial charge in [-0.3, -0.25) is 9.79 Å². The average Bonchev–Trinajstić information content (AvgIpc) is 2.04. The Kier molecular flexibility index (Phi) is 2.58. The fourth-order valence-corrected chi connectivity index (χ4v) is 0.929. The van der Waals surface area contributed by atoms with Crippen molar-refractivity contribution in [1.29, 1.82) is 0 Å². The van der Waals surface area contributed by atoms with E-state index in [0.717, 1.165) is 5.69 Å². The van der Waals surface area contributed by atoms with Gasteiger partial charge >= 0.3 is 0 Å². The van der Waals surface area contributed by atoms with Gasteiger partial charge < -0.3 is 4.98 Å². The summed E-state index contributed by atoms with van der Waals surface area (Å²) < 4.78 is 0. The van der Waals surface area contributed by atoms with E-state index in [1.165, 1.54) is 12.3 Å². The number of nitrogens with one attached hydrogen (secondary N) is 1. The van der Waals surface area contributed by atoms with Crippen molar-refractivity contribution < 1.29 is 0 Å². The van der Waals surface area contributed by atoms with Gasteiger partial charge in [-0.1, -0.05) is 0 Å². The molecule has 0 saturated carbocycles. The summed E-state index contributed by atoms with van der Waals surface area (Å²) in [5, 5.41) is 0. The summed E-state index contributed by atoms with van der Waals surface area (Å²) in [6, 6.07) is 1.48. The molecule has 1 N–H and O–H groups in total. The van der Waals surface area contributed by atoms with Crippen LogP contribution < -0.4 is 5.43 Å². The highest BCUT2D eigenvalue weighted by Crippen LogP contribution is 1.99. The summed E-state index contributed by atoms with van der Waals surface area (Å²) in [6.45, 7) is 5.12. The van der Waals surface area contributed by atoms with Crippen LogP contribution in [0.25, 0.3) is 6.08 Å². The van der Waals surface area contributed by atoms with Crippen molar-refractivity contribution in [3.05, 3.63) is 39.9 Å². The van der Waals surface area contributed by atoms with Crippen molar-refractivity contribution >= 4 is 12.8 Å². The second-order valence-corrected chi connectivity index (χ2v) is 2.38. The molecule has 1 heterocycles. The number of aromatic amines is 1. The third-order valence-corrected chi connectivity index (χ3v) is 1.55. The Morgan fingerprint density at radius 1 is 1.67 bits per heavy atom. The van der Waals surface area contributed by atoms with Crippen molar-refractivity contribution in [2.45, 2.75) is 6.92 Å². The number of hydrogen-bond donors (Lipinski definition) is 1. The molecule has 1 aromatic rings. The lowest BCUT2D eigenvalue weighted by atomic mass is 10.2. The number of pyridine rings is 1. The molecule has 0 aliphatic heterocycles. The molecule has 0 radical (unpaired) electrons. The van der Waals surface area contributed by atoms with Crippen LogP contribution in [0.5, 0.6) is 0 Å². The van der Waals surface area contributed by atoms with E-state index in [1.54, 1.807) is 12.3 Å². The van der Waals surface area contributed by atoms with E-state index >= 15 is 0 Å². The molecule has 1 aromatic heterocycles. The molecule has 0 aliphatic carbocycles. The van der Waals surface area contributed by atoms with Crippen LogP contribution >= 0.6 is 0 Å². The molecular weight excluding hydrogens is 152 g/mol. The van der Waals surface area contributed by atoms with Crippen molar-refractivity contribution in [2.24, 2.45) is 4.99 Å². The van der Waals surface area contributed by atoms with Crippen LogP contribution in [0.3, 0.4) is 0 Å². The van der Waals surface area contributed by atoms with E-state index in [4.69, 9.17) is 0 Å². The number of aryl methyl sites for hydroxylation is 1. The van der Waals surface area contributed by atoms with Crippen molar-refractivity contribution in [1.82, 2.24) is 4.98 Å². The van der Waals surface area contributed by atoms with Gasteiger partial charge in [-0.15, -0.1) is 0 Å². The summed E-state index contributed by atoms with van der Waals surface area (Å²) >= 11 is 0. The van der Waals surface area contributed by atoms with Crippen LogP contribution in [-0.2, 0) is 0 Å². The zero-order valence-electron chi connectivity index (χ0n) is 6.87. The Hall–Kier alpha value is -1.64. The van der Waals surface area contributed by atoms with Crippen molar-refractivity contribution in [3.63, 3.8) is 0 Å². The molecule has 62 valence electrons. The first-order valence-corrected chi connectivity index (χ1v) is 3.56. The van der Waals surface area contributed by atoms with Gasteiger partial charge in [0.1, 0.15) is 0 Å². The number of nitrogens with zero attached hydrogens (tertiary/aromatic N) is 1. The summed E-state index contributed by atoms with van der Waals surface area (Å²) in [6.07, 6.45) is 4.76. The molecule has 0 bridgehead atoms. The summed E-state index contributed by atoms with van der Waals surface area (Å²) in [7, 11) is 0. The molecule has 0 atom stereocenters. The Labute approximate surface area is 70.5 Å². The van der Waals surface area contributed by atoms with Gasteiger partial charge in [0.2, 0.25) is 0 Å². The number of aromatic nitrogens is 1. The lowest BCUT2D eigenvalue weighted by Gasteiger charge is -1.96. The normalized spacial score (nSPS) is 10.4. The standard InChI is InChI=1S/C9H10N2O/c1-7-8(3-5-10-2)9(12)4-6-11-7/h3-6H,2H2,1H3,(H,11,12)/b5-3-. The largest absolute Gasteiger partial charge is 0.364 e. The van der Waals surface area contributed by atoms with Gasteiger partial charge in [0.25, 0.3) is 0 Å². The van der Waals surface area contributed by atoms with E-state index in [9.17, 15) is 4.79 Å². The Balaban J connectivity index is 3.21. The molecule has 0 unspecified atom stereocenters. The molecule has 12 heavy (non-hydrogen) atoms. The van der Waals surface area contributed by atoms with Gasteiger partial charge in [0.05, 0.1) is 0 Å². The Morgan fingerprint density at radius 2 is 2.42 bits per heavy atom. The molecule has 0 aromatic carbocycles. The predicted octanol–water partition coefficient (Wildman–Crippen LogP) is 1.35. The number of rotatable bonds is 2. The Bertz CT molecular complexity index is 363. The summed E-state index contributed by atoms with van der Waals surface area (Å²) in [4.78, 5) is 17.7. The third kappa shape index (κ3) is 1.69. The van der Waals surface area contributed by atoms with E-state index in [2.05, 4.69) is 16.7 Å². The molecule has 1 rings (SSSR count). The molecular formula is C9H10N2O. The van der Waals surface area contributed by atoms with E-state index in [0.29, 0.717) is 5.56 Å². The summed E-state index contributed by atoms with van der Waals surface area (Å²) in [5.74, 6) is 0. The highest BCUT2D eigenvalue weighted by Gasteiger charge is 1.96. The van der Waals surface area contributed by atoms with Crippen molar-refractivity contribution in [2.75, 3.05) is 0 Å². The highest BCUT2D eigenvalue weighted by molar-refractivity contribution is 5.51. The van der Waals surface area contributed by atoms with Gasteiger partial charge in [-0.25, -0.2) is 0 Å². The molecule has 3 heteroatoms. The molecule has 0 amide bonds. The lowest BCUT2D eigenvalue weighted by molar-refractivity contribution is 1.17. The number of hydrogen-bond acceptors (Lipinski definition) is 2. The van der Waals surface area contributed by atoms with Crippen molar-refractivity contribution in [3.8, 4) is 0 Å². The van der Waals surface area contributed by atoms with E-state index < -0.39 is 0 Å². The second kappa shape index (κ2) is 3.67. The van der Waals surface area contributed by atoms with Gasteiger partial charge in [0.15, 0.2) is 5.43 Å². The molecule has 3 nitrogen and oxygen atoms in total. The minimum Gasteiger partial charge on any atom is -0.364 e. The molecule has 0 spiro atoms. The average molecular weight is 162 g/mol. The smallest absolute Gasteiger partial charge is 0.189 e. The quantitative estimate of drug-likeness (QED) is 0.655. The summed E-state index contributed by atoms with van der Waals surface area (Å²) in [5.41, 5.74) is 1.46. The van der Waals surface area contributed by atoms with E-state index in [1.807, 2.05) is 6.92 Å². The fraction of sp³-hybridized carbons (Fsp3) is 0.111. The highest BCUT2D eigenvalue weighted by atomic mass is 16.1. The van der Waals surface area contributed by atoms with Gasteiger partial charge in [0, 0.05) is 29.7 Å². The minimum atomic E-state index is -0.00819. The zero-order valence-corrected chi connectivity index (χ0v) is 6.87. The van der Waals surface area contributed by atoms with Gasteiger partial charge in [-0.2, -0.15) is 0 Å². The molecule has 0 fully saturated rings. The first-order chi connectivity index (χ1) is 5.75. The van der Waals surface area contributed by atoms with Crippen LogP contribution in [-0.4, -0.2) is 11.7 Å². The third-order valence-electron chi connectivity index (χ3n) is 1.55. The number of H-pyrrole nitrogens is 1. The number of aliphatic imine (C=N–C) groups is 1. The first kappa shape index (κ1) is 8.46. The Morgan fingerprint density at radius 3 is 3.00 bits per heavy atom. The maximum Gasteiger partial charge on any atom is 0.189 e. The molecule has 0 saturated heterocycles. The zero-order chi connectivity index (χ0) is 8.97. The van der Waals surface area contributed by atoms with Crippen LogP contribution in [0, 0.1) is 6.92 Å². The maximum absolute atomic E-state index is 11.2. The monoisotopic (exact) mass is 162 g/mol. The van der Waals surface area contributed by atoms with Crippen LogP contribution in [0.4, 0.5) is 0 Å². The lowest BCUT2D eigenvalue weighted by Crippen LogP contribution is -2.05. The minimum absolute atomic E-state index is 0.00819. The van der Waals surface area contributed by atoms with Gasteiger partial charge in [-0.05, 0) is 19.7 Å². The topological polar surface area (TPSA) is 45.2 Å². The van der Waals surface area contributed by atoms with E-state index in [-0.39, 0.29) is 5.43 Å². The second-order valence-electron chi connectivity index (χ2n) is 2.38. The predicted molar refractivity (Wildman–Crippen MR) is 50.4 cm³/mol. The van der Waals surface area contributed by atoms with Crippen LogP contribution in [0.1, 0.15) is 11.3 Å². The molecule has 0 aliphatic rings. The SMILES string of the molecule is C=N/C=C\c1c(C)[nH]ccc1=O. The van der Waals surface area contributed by atoms with Crippen LogP contribution in [0.15, 0.2) is 28.3 Å². The fourth-order valence-electron chi connectivity index (χ4n) is 0.929. The van der Waals surface area contributed by atoms with Crippen LogP contribution in [0.2, 0.25) is 0 Å².